The molecule has 0 amide bonds. The lowest BCUT2D eigenvalue weighted by Crippen LogP contribution is -2.33. The molecule has 1 aliphatic rings. The van der Waals surface area contributed by atoms with E-state index in [-0.39, 0.29) is 0 Å². The fourth-order valence-electron chi connectivity index (χ4n) is 2.20. The van der Waals surface area contributed by atoms with Crippen LogP contribution in [-0.2, 0) is 0 Å². The fraction of sp³-hybridized carbons (Fsp3) is 0.333. The van der Waals surface area contributed by atoms with Crippen LogP contribution in [0.2, 0.25) is 0 Å². The Balaban J connectivity index is 1.58. The van der Waals surface area contributed by atoms with Crippen LogP contribution in [0.3, 0.4) is 0 Å². The highest BCUT2D eigenvalue weighted by Crippen LogP contribution is 2.39. The molecule has 1 heterocycles. The van der Waals surface area contributed by atoms with Gasteiger partial charge in [-0.1, -0.05) is 32.6 Å². The van der Waals surface area contributed by atoms with Gasteiger partial charge in [-0.15, -0.1) is 5.10 Å². The first-order valence-electron chi connectivity index (χ1n) is 5.60. The molecule has 5 heteroatoms. The molecule has 0 unspecified atom stereocenters. The molecule has 1 aromatic heterocycles. The van der Waals surface area contributed by atoms with Crippen LogP contribution >= 0.6 is 27.5 Å². The summed E-state index contributed by atoms with van der Waals surface area (Å²) in [6.07, 6.45) is 4.17. The van der Waals surface area contributed by atoms with E-state index in [0.717, 1.165) is 9.47 Å². The van der Waals surface area contributed by atoms with Crippen LogP contribution in [0.25, 0.3) is 0 Å². The Labute approximate surface area is 113 Å². The molecule has 88 valence electrons. The van der Waals surface area contributed by atoms with Gasteiger partial charge in [0.15, 0.2) is 0 Å². The summed E-state index contributed by atoms with van der Waals surface area (Å²) in [4.78, 5) is 0. The molecule has 0 spiro atoms. The molecule has 0 radical (unpaired) electrons. The first-order chi connectivity index (χ1) is 8.31. The van der Waals surface area contributed by atoms with E-state index in [1.165, 1.54) is 29.9 Å². The van der Waals surface area contributed by atoms with Crippen molar-refractivity contribution in [3.8, 4) is 0 Å². The lowest BCUT2D eigenvalue weighted by molar-refractivity contribution is 0.374. The van der Waals surface area contributed by atoms with Crippen LogP contribution < -0.4 is 5.32 Å². The number of anilines is 1. The first kappa shape index (κ1) is 11.2. The van der Waals surface area contributed by atoms with Gasteiger partial charge in [-0.2, -0.15) is 0 Å². The zero-order valence-corrected chi connectivity index (χ0v) is 11.5. The van der Waals surface area contributed by atoms with Gasteiger partial charge in [0.25, 0.3) is 0 Å². The van der Waals surface area contributed by atoms with Crippen molar-refractivity contribution in [3.63, 3.8) is 0 Å². The summed E-state index contributed by atoms with van der Waals surface area (Å²) in [7, 11) is 0. The summed E-state index contributed by atoms with van der Waals surface area (Å²) in [6.45, 7) is 0. The van der Waals surface area contributed by atoms with Gasteiger partial charge in [-0.3, -0.25) is 0 Å². The molecule has 1 saturated carbocycles. The van der Waals surface area contributed by atoms with Crippen LogP contribution in [0.15, 0.2) is 34.9 Å². The standard InChI is InChI=1S/C12H12BrN3S/c13-10-3-1-2-8(4-10)9-5-11(6-9)15-12-7-14-16-17-12/h1-4,7,9,11,15H,5-6H2. The highest BCUT2D eigenvalue weighted by Gasteiger charge is 2.30. The normalized spacial score (nSPS) is 23.1. The molecule has 1 aromatic carbocycles. The lowest BCUT2D eigenvalue weighted by atomic mass is 9.76. The number of halogens is 1. The van der Waals surface area contributed by atoms with E-state index in [2.05, 4.69) is 55.1 Å². The van der Waals surface area contributed by atoms with Crippen molar-refractivity contribution in [1.82, 2.24) is 9.59 Å². The van der Waals surface area contributed by atoms with Crippen LogP contribution in [-0.4, -0.2) is 15.6 Å². The predicted octanol–water partition coefficient (Wildman–Crippen LogP) is 3.66. The molecule has 0 atom stereocenters. The van der Waals surface area contributed by atoms with Crippen LogP contribution in [0.4, 0.5) is 5.00 Å². The van der Waals surface area contributed by atoms with E-state index < -0.39 is 0 Å². The van der Waals surface area contributed by atoms with Crippen molar-refractivity contribution in [2.45, 2.75) is 24.8 Å². The second-order valence-electron chi connectivity index (χ2n) is 4.35. The highest BCUT2D eigenvalue weighted by molar-refractivity contribution is 9.10. The third-order valence-electron chi connectivity index (χ3n) is 3.17. The fourth-order valence-corrected chi connectivity index (χ4v) is 3.11. The van der Waals surface area contributed by atoms with Crippen molar-refractivity contribution in [2.75, 3.05) is 5.32 Å². The van der Waals surface area contributed by atoms with Crippen LogP contribution in [0.1, 0.15) is 24.3 Å². The zero-order chi connectivity index (χ0) is 11.7. The molecule has 1 N–H and O–H groups in total. The largest absolute Gasteiger partial charge is 0.372 e. The summed E-state index contributed by atoms with van der Waals surface area (Å²) >= 11 is 4.94. The Morgan fingerprint density at radius 2 is 2.24 bits per heavy atom. The molecule has 0 bridgehead atoms. The van der Waals surface area contributed by atoms with Gasteiger partial charge in [0, 0.05) is 22.0 Å². The Kier molecular flexibility index (Phi) is 3.11. The van der Waals surface area contributed by atoms with E-state index in [0.29, 0.717) is 12.0 Å². The zero-order valence-electron chi connectivity index (χ0n) is 9.14. The summed E-state index contributed by atoms with van der Waals surface area (Å²) < 4.78 is 5.01. The summed E-state index contributed by atoms with van der Waals surface area (Å²) in [5.41, 5.74) is 1.43. The third kappa shape index (κ3) is 2.50. The van der Waals surface area contributed by atoms with Gasteiger partial charge >= 0.3 is 0 Å². The smallest absolute Gasteiger partial charge is 0.130 e. The second kappa shape index (κ2) is 4.74. The van der Waals surface area contributed by atoms with Gasteiger partial charge in [-0.05, 0) is 36.5 Å². The van der Waals surface area contributed by atoms with Gasteiger partial charge < -0.3 is 5.32 Å². The topological polar surface area (TPSA) is 37.8 Å². The summed E-state index contributed by atoms with van der Waals surface area (Å²) in [5, 5.41) is 8.35. The van der Waals surface area contributed by atoms with Crippen LogP contribution in [0, 0.1) is 0 Å². The number of benzene rings is 1. The Morgan fingerprint density at radius 1 is 1.35 bits per heavy atom. The molecular formula is C12H12BrN3S. The van der Waals surface area contributed by atoms with Gasteiger partial charge in [0.05, 0.1) is 6.20 Å². The Morgan fingerprint density at radius 3 is 2.94 bits per heavy atom. The molecule has 3 rings (SSSR count). The average molecular weight is 310 g/mol. The maximum atomic E-state index is 3.85. The number of nitrogens with zero attached hydrogens (tertiary/aromatic N) is 2. The third-order valence-corrected chi connectivity index (χ3v) is 4.25. The number of hydrogen-bond donors (Lipinski definition) is 1. The lowest BCUT2D eigenvalue weighted by Gasteiger charge is -2.36. The number of hydrogen-bond acceptors (Lipinski definition) is 4. The van der Waals surface area contributed by atoms with Gasteiger partial charge in [0.2, 0.25) is 0 Å². The quantitative estimate of drug-likeness (QED) is 0.940. The molecule has 2 aromatic rings. The molecule has 1 aliphatic carbocycles. The van der Waals surface area contributed by atoms with Crippen molar-refractivity contribution in [2.24, 2.45) is 0 Å². The molecule has 3 nitrogen and oxygen atoms in total. The SMILES string of the molecule is Brc1cccc(C2CC(Nc3cnns3)C2)c1. The highest BCUT2D eigenvalue weighted by atomic mass is 79.9. The number of nitrogens with one attached hydrogen (secondary N) is 1. The van der Waals surface area contributed by atoms with Gasteiger partial charge in [-0.25, -0.2) is 0 Å². The van der Waals surface area contributed by atoms with Crippen molar-refractivity contribution in [1.29, 1.82) is 0 Å². The molecule has 0 aliphatic heterocycles. The van der Waals surface area contributed by atoms with Crippen molar-refractivity contribution in [3.05, 3.63) is 40.5 Å². The summed E-state index contributed by atoms with van der Waals surface area (Å²) in [6, 6.07) is 9.17. The van der Waals surface area contributed by atoms with Crippen molar-refractivity contribution < 1.29 is 0 Å². The molecule has 0 saturated heterocycles. The van der Waals surface area contributed by atoms with E-state index in [1.54, 1.807) is 6.20 Å². The minimum atomic E-state index is 0.571. The minimum Gasteiger partial charge on any atom is -0.372 e. The average Bonchev–Trinajstić information content (AvgIpc) is 2.75. The molecule has 1 fully saturated rings. The van der Waals surface area contributed by atoms with Crippen molar-refractivity contribution >= 4 is 32.5 Å². The van der Waals surface area contributed by atoms with Crippen LogP contribution in [0.5, 0.6) is 0 Å². The van der Waals surface area contributed by atoms with Gasteiger partial charge in [0.1, 0.15) is 5.00 Å². The number of rotatable bonds is 3. The Hall–Kier alpha value is -0.940. The van der Waals surface area contributed by atoms with E-state index >= 15 is 0 Å². The second-order valence-corrected chi connectivity index (χ2v) is 6.05. The maximum absolute atomic E-state index is 3.85. The van der Waals surface area contributed by atoms with E-state index in [1.807, 2.05) is 0 Å². The summed E-state index contributed by atoms with van der Waals surface area (Å²) in [5.74, 6) is 0.686. The monoisotopic (exact) mass is 309 g/mol. The Bertz CT molecular complexity index is 494. The predicted molar refractivity (Wildman–Crippen MR) is 73.4 cm³/mol. The minimum absolute atomic E-state index is 0.571. The number of aromatic nitrogens is 2. The van der Waals surface area contributed by atoms with E-state index in [9.17, 15) is 0 Å². The van der Waals surface area contributed by atoms with E-state index in [4.69, 9.17) is 0 Å². The first-order valence-corrected chi connectivity index (χ1v) is 7.17. The maximum Gasteiger partial charge on any atom is 0.130 e. The molecular weight excluding hydrogens is 298 g/mol. The molecule has 17 heavy (non-hydrogen) atoms.